The van der Waals surface area contributed by atoms with Gasteiger partial charge in [-0.25, -0.2) is 15.8 Å². The monoisotopic (exact) mass is 291 g/mol. The first-order valence-corrected chi connectivity index (χ1v) is 7.67. The second-order valence-corrected chi connectivity index (χ2v) is 5.72. The largest absolute Gasteiger partial charge is 0.362 e. The lowest BCUT2D eigenvalue weighted by Crippen LogP contribution is -2.16. The van der Waals surface area contributed by atoms with Crippen LogP contribution in [-0.2, 0) is 6.42 Å². The number of nitrogens with two attached hydrogens (primary N) is 1. The van der Waals surface area contributed by atoms with E-state index in [0.29, 0.717) is 5.82 Å². The normalized spacial score (nSPS) is 12.2. The first-order valence-electron chi connectivity index (χ1n) is 6.79. The van der Waals surface area contributed by atoms with Crippen LogP contribution in [0, 0.1) is 6.92 Å². The number of hydrogen-bond donors (Lipinski definition) is 3. The molecule has 2 rings (SSSR count). The summed E-state index contributed by atoms with van der Waals surface area (Å²) < 4.78 is 0. The SMILES string of the molecule is CCCc1nc(NN)c(C)c(NC(C)c2cccs2)n1. The molecule has 20 heavy (non-hydrogen) atoms. The molecule has 2 aromatic rings. The highest BCUT2D eigenvalue weighted by molar-refractivity contribution is 7.10. The Morgan fingerprint density at radius 1 is 1.35 bits per heavy atom. The zero-order valence-electron chi connectivity index (χ0n) is 12.1. The average Bonchev–Trinajstić information content (AvgIpc) is 2.96. The van der Waals surface area contributed by atoms with Crippen LogP contribution in [0.15, 0.2) is 17.5 Å². The van der Waals surface area contributed by atoms with Gasteiger partial charge in [-0.1, -0.05) is 13.0 Å². The van der Waals surface area contributed by atoms with E-state index in [9.17, 15) is 0 Å². The van der Waals surface area contributed by atoms with Crippen molar-refractivity contribution < 1.29 is 0 Å². The molecule has 2 aromatic heterocycles. The fourth-order valence-corrected chi connectivity index (χ4v) is 2.73. The van der Waals surface area contributed by atoms with E-state index in [1.807, 2.05) is 6.92 Å². The van der Waals surface area contributed by atoms with Crippen LogP contribution in [0.25, 0.3) is 0 Å². The molecule has 0 aliphatic rings. The highest BCUT2D eigenvalue weighted by Gasteiger charge is 2.13. The lowest BCUT2D eigenvalue weighted by Gasteiger charge is -2.17. The molecule has 6 heteroatoms. The van der Waals surface area contributed by atoms with Gasteiger partial charge in [0.15, 0.2) is 0 Å². The molecule has 0 spiro atoms. The second kappa shape index (κ2) is 6.67. The number of hydrogen-bond acceptors (Lipinski definition) is 6. The van der Waals surface area contributed by atoms with Gasteiger partial charge in [-0.15, -0.1) is 11.3 Å². The molecule has 0 radical (unpaired) electrons. The van der Waals surface area contributed by atoms with Crippen LogP contribution in [0.4, 0.5) is 11.6 Å². The van der Waals surface area contributed by atoms with Gasteiger partial charge in [-0.05, 0) is 31.7 Å². The summed E-state index contributed by atoms with van der Waals surface area (Å²) in [5, 5.41) is 5.53. The number of nitrogens with one attached hydrogen (secondary N) is 2. The molecule has 4 N–H and O–H groups in total. The van der Waals surface area contributed by atoms with Crippen LogP contribution >= 0.6 is 11.3 Å². The lowest BCUT2D eigenvalue weighted by molar-refractivity contribution is 0.818. The Bertz CT molecular complexity index is 553. The average molecular weight is 291 g/mol. The number of nitrogens with zero attached hydrogens (tertiary/aromatic N) is 2. The van der Waals surface area contributed by atoms with E-state index < -0.39 is 0 Å². The third-order valence-corrected chi connectivity index (χ3v) is 4.18. The number of aryl methyl sites for hydroxylation is 1. The maximum atomic E-state index is 5.54. The minimum Gasteiger partial charge on any atom is -0.362 e. The van der Waals surface area contributed by atoms with Crippen LogP contribution in [0.5, 0.6) is 0 Å². The molecule has 0 saturated heterocycles. The number of nitrogen functional groups attached to an aromatic ring is 1. The van der Waals surface area contributed by atoms with Gasteiger partial charge in [0.1, 0.15) is 17.5 Å². The Kier molecular flexibility index (Phi) is 4.92. The maximum absolute atomic E-state index is 5.54. The number of hydrazine groups is 1. The molecular formula is C14H21N5S. The summed E-state index contributed by atoms with van der Waals surface area (Å²) in [5.74, 6) is 7.89. The van der Waals surface area contributed by atoms with Crippen LogP contribution in [0.1, 0.15) is 42.6 Å². The summed E-state index contributed by atoms with van der Waals surface area (Å²) in [6, 6.07) is 4.39. The van der Waals surface area contributed by atoms with Crippen molar-refractivity contribution in [3.63, 3.8) is 0 Å². The summed E-state index contributed by atoms with van der Waals surface area (Å²) in [6.07, 6.45) is 1.85. The molecule has 0 aliphatic heterocycles. The molecule has 2 heterocycles. The zero-order valence-corrected chi connectivity index (χ0v) is 12.9. The van der Waals surface area contributed by atoms with Crippen molar-refractivity contribution in [2.75, 3.05) is 10.7 Å². The smallest absolute Gasteiger partial charge is 0.148 e. The third-order valence-electron chi connectivity index (χ3n) is 3.13. The maximum Gasteiger partial charge on any atom is 0.148 e. The number of rotatable bonds is 6. The molecule has 108 valence electrons. The van der Waals surface area contributed by atoms with E-state index in [2.05, 4.69) is 52.1 Å². The van der Waals surface area contributed by atoms with Crippen molar-refractivity contribution in [1.82, 2.24) is 9.97 Å². The molecular weight excluding hydrogens is 270 g/mol. The van der Waals surface area contributed by atoms with Crippen molar-refractivity contribution in [3.05, 3.63) is 33.8 Å². The number of thiophene rings is 1. The van der Waals surface area contributed by atoms with Gasteiger partial charge in [0.25, 0.3) is 0 Å². The Morgan fingerprint density at radius 2 is 2.10 bits per heavy atom. The molecule has 0 amide bonds. The van der Waals surface area contributed by atoms with E-state index in [0.717, 1.165) is 30.0 Å². The van der Waals surface area contributed by atoms with Gasteiger partial charge in [-0.3, -0.25) is 0 Å². The third kappa shape index (κ3) is 3.26. The van der Waals surface area contributed by atoms with Gasteiger partial charge >= 0.3 is 0 Å². The quantitative estimate of drug-likeness (QED) is 0.562. The van der Waals surface area contributed by atoms with Crippen LogP contribution < -0.4 is 16.6 Å². The minimum absolute atomic E-state index is 0.212. The summed E-state index contributed by atoms with van der Waals surface area (Å²) in [6.45, 7) is 6.21. The van der Waals surface area contributed by atoms with Crippen molar-refractivity contribution in [2.45, 2.75) is 39.7 Å². The van der Waals surface area contributed by atoms with Crippen molar-refractivity contribution in [3.8, 4) is 0 Å². The summed E-state index contributed by atoms with van der Waals surface area (Å²) >= 11 is 1.73. The molecule has 1 unspecified atom stereocenters. The number of anilines is 2. The minimum atomic E-state index is 0.212. The van der Waals surface area contributed by atoms with Gasteiger partial charge in [0.05, 0.1) is 6.04 Å². The van der Waals surface area contributed by atoms with E-state index in [1.165, 1.54) is 4.88 Å². The Morgan fingerprint density at radius 3 is 2.70 bits per heavy atom. The summed E-state index contributed by atoms with van der Waals surface area (Å²) in [4.78, 5) is 10.3. The summed E-state index contributed by atoms with van der Waals surface area (Å²) in [5.41, 5.74) is 3.59. The lowest BCUT2D eigenvalue weighted by atomic mass is 10.2. The topological polar surface area (TPSA) is 75.9 Å². The fraction of sp³-hybridized carbons (Fsp3) is 0.429. The highest BCUT2D eigenvalue weighted by Crippen LogP contribution is 2.26. The van der Waals surface area contributed by atoms with Gasteiger partial charge in [-0.2, -0.15) is 0 Å². The Labute approximate surface area is 123 Å². The Hall–Kier alpha value is -1.66. The van der Waals surface area contributed by atoms with Gasteiger partial charge in [0, 0.05) is 16.9 Å². The van der Waals surface area contributed by atoms with Crippen LogP contribution in [0.2, 0.25) is 0 Å². The van der Waals surface area contributed by atoms with Gasteiger partial charge < -0.3 is 10.7 Å². The first kappa shape index (κ1) is 14.7. The predicted octanol–water partition coefficient (Wildman–Crippen LogP) is 3.26. The molecule has 1 atom stereocenters. The van der Waals surface area contributed by atoms with E-state index >= 15 is 0 Å². The summed E-state index contributed by atoms with van der Waals surface area (Å²) in [7, 11) is 0. The van der Waals surface area contributed by atoms with Gasteiger partial charge in [0.2, 0.25) is 0 Å². The first-order chi connectivity index (χ1) is 9.65. The van der Waals surface area contributed by atoms with E-state index in [1.54, 1.807) is 11.3 Å². The van der Waals surface area contributed by atoms with Crippen LogP contribution in [-0.4, -0.2) is 9.97 Å². The molecule has 0 saturated carbocycles. The molecule has 5 nitrogen and oxygen atoms in total. The highest BCUT2D eigenvalue weighted by atomic mass is 32.1. The van der Waals surface area contributed by atoms with Crippen molar-refractivity contribution in [1.29, 1.82) is 0 Å². The fourth-order valence-electron chi connectivity index (χ4n) is 1.99. The predicted molar refractivity (Wildman–Crippen MR) is 84.9 cm³/mol. The molecule has 0 aromatic carbocycles. The zero-order chi connectivity index (χ0) is 14.5. The second-order valence-electron chi connectivity index (χ2n) is 4.74. The van der Waals surface area contributed by atoms with Crippen molar-refractivity contribution >= 4 is 23.0 Å². The molecule has 0 bridgehead atoms. The molecule has 0 aliphatic carbocycles. The van der Waals surface area contributed by atoms with Crippen LogP contribution in [0.3, 0.4) is 0 Å². The molecule has 0 fully saturated rings. The van der Waals surface area contributed by atoms with E-state index in [4.69, 9.17) is 5.84 Å². The Balaban J connectivity index is 2.27. The van der Waals surface area contributed by atoms with E-state index in [-0.39, 0.29) is 6.04 Å². The standard InChI is InChI=1S/C14H21N5S/c1-4-6-12-17-13(9(2)14(18-12)19-15)16-10(3)11-7-5-8-20-11/h5,7-8,10H,4,6,15H2,1-3H3,(H2,16,17,18,19). The number of aromatic nitrogens is 2. The van der Waals surface area contributed by atoms with Crippen molar-refractivity contribution in [2.24, 2.45) is 5.84 Å².